The van der Waals surface area contributed by atoms with Crippen molar-refractivity contribution in [2.75, 3.05) is 29.2 Å². The number of nitrogens with zero attached hydrogens (tertiary/aromatic N) is 3. The minimum Gasteiger partial charge on any atom is -0.357 e. The highest BCUT2D eigenvalue weighted by atomic mass is 35.5. The van der Waals surface area contributed by atoms with Gasteiger partial charge in [-0.2, -0.15) is 15.0 Å². The second kappa shape index (κ2) is 4.51. The van der Waals surface area contributed by atoms with Crippen molar-refractivity contribution in [1.82, 2.24) is 15.0 Å². The van der Waals surface area contributed by atoms with E-state index in [1.165, 1.54) is 0 Å². The van der Waals surface area contributed by atoms with Crippen molar-refractivity contribution in [2.45, 2.75) is 18.9 Å². The molecule has 1 saturated heterocycles. The molecule has 0 spiro atoms. The lowest BCUT2D eigenvalue weighted by molar-refractivity contribution is 0.569. The fourth-order valence-electron chi connectivity index (χ4n) is 1.90. The predicted octanol–water partition coefficient (Wildman–Crippen LogP) is 0.556. The van der Waals surface area contributed by atoms with Crippen molar-refractivity contribution in [3.8, 4) is 0 Å². The van der Waals surface area contributed by atoms with Crippen LogP contribution in [-0.4, -0.2) is 47.5 Å². The van der Waals surface area contributed by atoms with Gasteiger partial charge < -0.3 is 10.6 Å². The number of rotatable bonds is 3. The highest BCUT2D eigenvalue weighted by molar-refractivity contribution is 7.91. The van der Waals surface area contributed by atoms with Crippen molar-refractivity contribution in [3.05, 3.63) is 5.28 Å². The minimum atomic E-state index is -2.98. The highest BCUT2D eigenvalue weighted by Crippen LogP contribution is 2.26. The van der Waals surface area contributed by atoms with Crippen LogP contribution in [0.5, 0.6) is 0 Å². The lowest BCUT2D eigenvalue weighted by Gasteiger charge is -2.23. The summed E-state index contributed by atoms with van der Waals surface area (Å²) in [5.41, 5.74) is -0.561. The maximum Gasteiger partial charge on any atom is 0.229 e. The Balaban J connectivity index is 2.22. The SMILES string of the molecule is CNc1nc(Cl)nc(NC2(C)CCS(=O)(=O)C2)n1. The maximum atomic E-state index is 11.5. The van der Waals surface area contributed by atoms with E-state index < -0.39 is 15.4 Å². The van der Waals surface area contributed by atoms with Gasteiger partial charge >= 0.3 is 0 Å². The molecule has 1 aliphatic heterocycles. The molecule has 1 aromatic rings. The van der Waals surface area contributed by atoms with Crippen molar-refractivity contribution >= 4 is 33.3 Å². The smallest absolute Gasteiger partial charge is 0.229 e. The Morgan fingerprint density at radius 2 is 1.94 bits per heavy atom. The van der Waals surface area contributed by atoms with E-state index in [9.17, 15) is 8.42 Å². The molecular weight excluding hydrogens is 278 g/mol. The molecule has 1 aromatic heterocycles. The fourth-order valence-corrected chi connectivity index (χ4v) is 4.15. The molecule has 0 saturated carbocycles. The second-order valence-electron chi connectivity index (χ2n) is 4.53. The van der Waals surface area contributed by atoms with Gasteiger partial charge in [-0.05, 0) is 24.9 Å². The summed E-state index contributed by atoms with van der Waals surface area (Å²) in [7, 11) is -1.32. The van der Waals surface area contributed by atoms with Crippen molar-refractivity contribution in [1.29, 1.82) is 0 Å². The standard InChI is InChI=1S/C9H14ClN5O2S/c1-9(3-4-18(16,17)5-9)15-8-13-6(10)12-7(11-2)14-8/h3-5H2,1-2H3,(H2,11,12,13,14,15). The van der Waals surface area contributed by atoms with E-state index in [0.717, 1.165) is 0 Å². The average Bonchev–Trinajstić information content (AvgIpc) is 2.51. The zero-order chi connectivity index (χ0) is 13.4. The van der Waals surface area contributed by atoms with Gasteiger partial charge in [-0.3, -0.25) is 0 Å². The predicted molar refractivity (Wildman–Crippen MR) is 69.7 cm³/mol. The molecule has 1 atom stereocenters. The summed E-state index contributed by atoms with van der Waals surface area (Å²) in [6.07, 6.45) is 0.521. The Labute approximate surface area is 110 Å². The number of hydrogen-bond acceptors (Lipinski definition) is 7. The molecule has 2 heterocycles. The van der Waals surface area contributed by atoms with Gasteiger partial charge in [0.2, 0.25) is 17.2 Å². The third-order valence-corrected chi connectivity index (χ3v) is 4.82. The van der Waals surface area contributed by atoms with Gasteiger partial charge in [-0.1, -0.05) is 0 Å². The lowest BCUT2D eigenvalue weighted by Crippen LogP contribution is -2.36. The van der Waals surface area contributed by atoms with Gasteiger partial charge in [0, 0.05) is 7.05 Å². The van der Waals surface area contributed by atoms with Crippen LogP contribution in [0.4, 0.5) is 11.9 Å². The number of aromatic nitrogens is 3. The molecule has 1 fully saturated rings. The normalized spacial score (nSPS) is 25.9. The topological polar surface area (TPSA) is 96.9 Å². The zero-order valence-electron chi connectivity index (χ0n) is 10.1. The number of sulfone groups is 1. The molecule has 0 bridgehead atoms. The summed E-state index contributed by atoms with van der Waals surface area (Å²) in [4.78, 5) is 11.9. The first-order valence-corrected chi connectivity index (χ1v) is 7.60. The molecule has 18 heavy (non-hydrogen) atoms. The molecule has 1 aliphatic rings. The molecular formula is C9H14ClN5O2S. The fraction of sp³-hybridized carbons (Fsp3) is 0.667. The van der Waals surface area contributed by atoms with Crippen LogP contribution in [-0.2, 0) is 9.84 Å². The minimum absolute atomic E-state index is 0.0568. The summed E-state index contributed by atoms with van der Waals surface area (Å²) in [6, 6.07) is 0. The Hall–Kier alpha value is -1.15. The molecule has 100 valence electrons. The molecule has 0 aliphatic carbocycles. The summed E-state index contributed by atoms with van der Waals surface area (Å²) >= 11 is 5.76. The van der Waals surface area contributed by atoms with Crippen LogP contribution < -0.4 is 10.6 Å². The highest BCUT2D eigenvalue weighted by Gasteiger charge is 2.38. The van der Waals surface area contributed by atoms with Gasteiger partial charge in [-0.15, -0.1) is 0 Å². The van der Waals surface area contributed by atoms with Crippen LogP contribution in [0.15, 0.2) is 0 Å². The number of nitrogens with one attached hydrogen (secondary N) is 2. The van der Waals surface area contributed by atoms with E-state index in [-0.39, 0.29) is 22.7 Å². The molecule has 2 rings (SSSR count). The van der Waals surface area contributed by atoms with Crippen LogP contribution >= 0.6 is 11.6 Å². The molecule has 2 N–H and O–H groups in total. The molecule has 0 aromatic carbocycles. The molecule has 0 amide bonds. The number of halogens is 1. The Bertz CT molecular complexity index is 564. The van der Waals surface area contributed by atoms with Crippen molar-refractivity contribution < 1.29 is 8.42 Å². The summed E-state index contributed by atoms with van der Waals surface area (Å²) < 4.78 is 23.0. The molecule has 1 unspecified atom stereocenters. The Kier molecular flexibility index (Phi) is 3.33. The summed E-state index contributed by atoms with van der Waals surface area (Å²) in [6.45, 7) is 1.83. The molecule has 7 nitrogen and oxygen atoms in total. The van der Waals surface area contributed by atoms with E-state index in [1.54, 1.807) is 7.05 Å². The van der Waals surface area contributed by atoms with E-state index in [2.05, 4.69) is 25.6 Å². The Morgan fingerprint density at radius 3 is 2.50 bits per heavy atom. The quantitative estimate of drug-likeness (QED) is 0.839. The monoisotopic (exact) mass is 291 g/mol. The van der Waals surface area contributed by atoms with Gasteiger partial charge in [0.25, 0.3) is 0 Å². The molecule has 0 radical (unpaired) electrons. The van der Waals surface area contributed by atoms with Crippen LogP contribution in [0, 0.1) is 0 Å². The van der Waals surface area contributed by atoms with Crippen LogP contribution in [0.2, 0.25) is 5.28 Å². The number of anilines is 2. The maximum absolute atomic E-state index is 11.5. The van der Waals surface area contributed by atoms with Gasteiger partial charge in [0.15, 0.2) is 9.84 Å². The first-order valence-electron chi connectivity index (χ1n) is 5.40. The first-order chi connectivity index (χ1) is 8.32. The summed E-state index contributed by atoms with van der Waals surface area (Å²) in [5.74, 6) is 0.854. The largest absolute Gasteiger partial charge is 0.357 e. The van der Waals surface area contributed by atoms with E-state index >= 15 is 0 Å². The lowest BCUT2D eigenvalue weighted by atomic mass is 10.0. The van der Waals surface area contributed by atoms with Gasteiger partial charge in [0.1, 0.15) is 0 Å². The van der Waals surface area contributed by atoms with E-state index in [0.29, 0.717) is 12.4 Å². The number of hydrogen-bond donors (Lipinski definition) is 2. The van der Waals surface area contributed by atoms with Gasteiger partial charge in [-0.25, -0.2) is 8.42 Å². The third kappa shape index (κ3) is 2.99. The second-order valence-corrected chi connectivity index (χ2v) is 7.05. The van der Waals surface area contributed by atoms with Crippen LogP contribution in [0.1, 0.15) is 13.3 Å². The van der Waals surface area contributed by atoms with Crippen molar-refractivity contribution in [2.24, 2.45) is 0 Å². The summed E-state index contributed by atoms with van der Waals surface area (Å²) in [5, 5.41) is 5.84. The third-order valence-electron chi connectivity index (χ3n) is 2.75. The van der Waals surface area contributed by atoms with Crippen molar-refractivity contribution in [3.63, 3.8) is 0 Å². The first kappa shape index (κ1) is 13.3. The molecule has 9 heteroatoms. The average molecular weight is 292 g/mol. The van der Waals surface area contributed by atoms with Gasteiger partial charge in [0.05, 0.1) is 17.0 Å². The van der Waals surface area contributed by atoms with E-state index in [1.807, 2.05) is 6.92 Å². The van der Waals surface area contributed by atoms with Crippen LogP contribution in [0.3, 0.4) is 0 Å². The van der Waals surface area contributed by atoms with Crippen LogP contribution in [0.25, 0.3) is 0 Å². The Morgan fingerprint density at radius 1 is 1.28 bits per heavy atom. The van der Waals surface area contributed by atoms with E-state index in [4.69, 9.17) is 11.6 Å². The zero-order valence-corrected chi connectivity index (χ0v) is 11.6.